The molecule has 0 amide bonds. The lowest BCUT2D eigenvalue weighted by Crippen LogP contribution is -2.18. The van der Waals surface area contributed by atoms with Crippen LogP contribution in [0.1, 0.15) is 21.5 Å². The number of rotatable bonds is 4. The van der Waals surface area contributed by atoms with Gasteiger partial charge in [-0.2, -0.15) is 5.26 Å². The van der Waals surface area contributed by atoms with Crippen molar-refractivity contribution < 1.29 is 9.18 Å². The third kappa shape index (κ3) is 2.83. The Morgan fingerprint density at radius 2 is 2.05 bits per heavy atom. The lowest BCUT2D eigenvalue weighted by molar-refractivity contribution is 0.112. The van der Waals surface area contributed by atoms with Gasteiger partial charge in [0.25, 0.3) is 0 Å². The van der Waals surface area contributed by atoms with Gasteiger partial charge in [0.1, 0.15) is 18.2 Å². The zero-order chi connectivity index (χ0) is 14.5. The minimum atomic E-state index is -0.276. The quantitative estimate of drug-likeness (QED) is 0.800. The second-order valence-corrected chi connectivity index (χ2v) is 4.45. The van der Waals surface area contributed by atoms with Gasteiger partial charge < -0.3 is 4.90 Å². The second-order valence-electron chi connectivity index (χ2n) is 4.45. The van der Waals surface area contributed by atoms with Crippen LogP contribution in [0.4, 0.5) is 10.1 Å². The van der Waals surface area contributed by atoms with E-state index >= 15 is 0 Å². The summed E-state index contributed by atoms with van der Waals surface area (Å²) in [4.78, 5) is 12.5. The number of hydrogen-bond acceptors (Lipinski definition) is 3. The molecule has 0 aromatic heterocycles. The van der Waals surface area contributed by atoms with Crippen LogP contribution in [0.3, 0.4) is 0 Å². The average Bonchev–Trinajstić information content (AvgIpc) is 2.48. The molecule has 0 saturated heterocycles. The SMILES string of the molecule is CN(Cc1ccccc1F)c1ccc(C=O)cc1C#N. The maximum Gasteiger partial charge on any atom is 0.150 e. The fourth-order valence-corrected chi connectivity index (χ4v) is 2.02. The maximum absolute atomic E-state index is 13.6. The van der Waals surface area contributed by atoms with Gasteiger partial charge in [0, 0.05) is 24.7 Å². The summed E-state index contributed by atoms with van der Waals surface area (Å²) >= 11 is 0. The zero-order valence-electron chi connectivity index (χ0n) is 11.0. The zero-order valence-corrected chi connectivity index (χ0v) is 11.0. The molecule has 0 N–H and O–H groups in total. The molecule has 2 rings (SSSR count). The van der Waals surface area contributed by atoms with Gasteiger partial charge in [-0.3, -0.25) is 4.79 Å². The molecule has 0 saturated carbocycles. The minimum absolute atomic E-state index is 0.276. The van der Waals surface area contributed by atoms with Gasteiger partial charge in [0.15, 0.2) is 0 Å². The van der Waals surface area contributed by atoms with Crippen LogP contribution < -0.4 is 4.90 Å². The number of nitriles is 1. The number of carbonyl (C=O) groups is 1. The summed E-state index contributed by atoms with van der Waals surface area (Å²) in [5.74, 6) is -0.276. The maximum atomic E-state index is 13.6. The lowest BCUT2D eigenvalue weighted by atomic mass is 10.1. The standard InChI is InChI=1S/C16H13FN2O/c1-19(10-13-4-2-3-5-15(13)17)16-7-6-12(11-20)8-14(16)9-18/h2-8,11H,10H2,1H3. The highest BCUT2D eigenvalue weighted by Crippen LogP contribution is 2.22. The van der Waals surface area contributed by atoms with E-state index in [1.165, 1.54) is 12.1 Å². The molecule has 0 atom stereocenters. The first-order valence-corrected chi connectivity index (χ1v) is 6.09. The number of aldehydes is 1. The normalized spacial score (nSPS) is 9.85. The van der Waals surface area contributed by atoms with E-state index < -0.39 is 0 Å². The second kappa shape index (κ2) is 5.98. The van der Waals surface area contributed by atoms with Gasteiger partial charge in [0.05, 0.1) is 11.3 Å². The van der Waals surface area contributed by atoms with E-state index in [9.17, 15) is 9.18 Å². The summed E-state index contributed by atoms with van der Waals surface area (Å²) in [6, 6.07) is 13.4. The van der Waals surface area contributed by atoms with Crippen molar-refractivity contribution in [3.63, 3.8) is 0 Å². The predicted octanol–water partition coefficient (Wildman–Crippen LogP) is 3.15. The molecule has 3 nitrogen and oxygen atoms in total. The molecule has 4 heteroatoms. The highest BCUT2D eigenvalue weighted by molar-refractivity contribution is 5.78. The smallest absolute Gasteiger partial charge is 0.150 e. The highest BCUT2D eigenvalue weighted by Gasteiger charge is 2.10. The van der Waals surface area contributed by atoms with Crippen molar-refractivity contribution in [3.05, 3.63) is 65.0 Å². The number of hydrogen-bond donors (Lipinski definition) is 0. The van der Waals surface area contributed by atoms with Crippen molar-refractivity contribution in [2.75, 3.05) is 11.9 Å². The molecular formula is C16H13FN2O. The monoisotopic (exact) mass is 268 g/mol. The molecule has 2 aromatic carbocycles. The van der Waals surface area contributed by atoms with E-state index in [0.717, 1.165) is 0 Å². The molecule has 0 radical (unpaired) electrons. The Morgan fingerprint density at radius 1 is 1.30 bits per heavy atom. The van der Waals surface area contributed by atoms with Crippen molar-refractivity contribution in [3.8, 4) is 6.07 Å². The Bertz CT molecular complexity index is 676. The third-order valence-corrected chi connectivity index (χ3v) is 3.05. The van der Waals surface area contributed by atoms with Gasteiger partial charge in [-0.05, 0) is 24.3 Å². The van der Waals surface area contributed by atoms with E-state index in [1.807, 2.05) is 0 Å². The van der Waals surface area contributed by atoms with E-state index in [4.69, 9.17) is 5.26 Å². The van der Waals surface area contributed by atoms with Gasteiger partial charge in [-0.25, -0.2) is 4.39 Å². The molecule has 0 unspecified atom stereocenters. The molecular weight excluding hydrogens is 255 g/mol. The van der Waals surface area contributed by atoms with Crippen LogP contribution in [0.2, 0.25) is 0 Å². The largest absolute Gasteiger partial charge is 0.369 e. The number of halogens is 1. The van der Waals surface area contributed by atoms with Gasteiger partial charge in [-0.1, -0.05) is 18.2 Å². The summed E-state index contributed by atoms with van der Waals surface area (Å²) < 4.78 is 13.6. The first kappa shape index (κ1) is 13.8. The molecule has 0 aliphatic carbocycles. The molecule has 0 spiro atoms. The molecule has 0 bridgehead atoms. The van der Waals surface area contributed by atoms with Crippen molar-refractivity contribution in [2.24, 2.45) is 0 Å². The summed E-state index contributed by atoms with van der Waals surface area (Å²) in [6.45, 7) is 0.349. The van der Waals surface area contributed by atoms with Crippen LogP contribution in [0.15, 0.2) is 42.5 Å². The van der Waals surface area contributed by atoms with Crippen molar-refractivity contribution in [1.82, 2.24) is 0 Å². The number of carbonyl (C=O) groups excluding carboxylic acids is 1. The molecule has 100 valence electrons. The van der Waals surface area contributed by atoms with Crippen LogP contribution in [0.25, 0.3) is 0 Å². The van der Waals surface area contributed by atoms with Crippen LogP contribution in [0.5, 0.6) is 0 Å². The lowest BCUT2D eigenvalue weighted by Gasteiger charge is -2.21. The third-order valence-electron chi connectivity index (χ3n) is 3.05. The van der Waals surface area contributed by atoms with Gasteiger partial charge in [-0.15, -0.1) is 0 Å². The topological polar surface area (TPSA) is 44.1 Å². The van der Waals surface area contributed by atoms with Crippen LogP contribution in [-0.2, 0) is 6.54 Å². The van der Waals surface area contributed by atoms with Crippen LogP contribution >= 0.6 is 0 Å². The van der Waals surface area contributed by atoms with Crippen molar-refractivity contribution in [1.29, 1.82) is 5.26 Å². The Labute approximate surface area is 116 Å². The van der Waals surface area contributed by atoms with E-state index in [2.05, 4.69) is 6.07 Å². The predicted molar refractivity (Wildman–Crippen MR) is 75.1 cm³/mol. The molecule has 0 aliphatic rings. The van der Waals surface area contributed by atoms with E-state index in [-0.39, 0.29) is 5.82 Å². The molecule has 20 heavy (non-hydrogen) atoms. The number of anilines is 1. The summed E-state index contributed by atoms with van der Waals surface area (Å²) in [5, 5.41) is 9.14. The Kier molecular flexibility index (Phi) is 4.11. The molecule has 0 heterocycles. The fourth-order valence-electron chi connectivity index (χ4n) is 2.02. The summed E-state index contributed by atoms with van der Waals surface area (Å²) in [7, 11) is 1.78. The first-order valence-electron chi connectivity index (χ1n) is 6.09. The Morgan fingerprint density at radius 3 is 2.70 bits per heavy atom. The highest BCUT2D eigenvalue weighted by atomic mass is 19.1. The van der Waals surface area contributed by atoms with Crippen LogP contribution in [-0.4, -0.2) is 13.3 Å². The van der Waals surface area contributed by atoms with Crippen molar-refractivity contribution >= 4 is 12.0 Å². The first-order chi connectivity index (χ1) is 9.65. The van der Waals surface area contributed by atoms with Crippen LogP contribution in [0, 0.1) is 17.1 Å². The summed E-state index contributed by atoms with van der Waals surface area (Å²) in [5.41, 5.74) is 2.07. The number of benzene rings is 2. The van der Waals surface area contributed by atoms with Gasteiger partial charge >= 0.3 is 0 Å². The molecule has 0 fully saturated rings. The van der Waals surface area contributed by atoms with Gasteiger partial charge in [0.2, 0.25) is 0 Å². The fraction of sp³-hybridized carbons (Fsp3) is 0.125. The Balaban J connectivity index is 2.30. The van der Waals surface area contributed by atoms with E-state index in [0.29, 0.717) is 35.2 Å². The Hall–Kier alpha value is -2.67. The van der Waals surface area contributed by atoms with Crippen molar-refractivity contribution in [2.45, 2.75) is 6.54 Å². The molecule has 0 aliphatic heterocycles. The number of nitrogens with zero attached hydrogens (tertiary/aromatic N) is 2. The van der Waals surface area contributed by atoms with E-state index in [1.54, 1.807) is 42.3 Å². The average molecular weight is 268 g/mol. The molecule has 2 aromatic rings. The minimum Gasteiger partial charge on any atom is -0.369 e. The summed E-state index contributed by atoms with van der Waals surface area (Å²) in [6.07, 6.45) is 0.696.